The van der Waals surface area contributed by atoms with E-state index in [1.165, 1.54) is 0 Å². The zero-order valence-electron chi connectivity index (χ0n) is 12.3. The van der Waals surface area contributed by atoms with Crippen molar-refractivity contribution in [3.63, 3.8) is 0 Å². The molecule has 1 aromatic rings. The first-order valence-corrected chi connectivity index (χ1v) is 7.48. The van der Waals surface area contributed by atoms with Crippen LogP contribution >= 0.6 is 0 Å². The molecular weight excluding hydrogens is 270 g/mol. The van der Waals surface area contributed by atoms with Crippen LogP contribution in [0.5, 0.6) is 5.75 Å². The van der Waals surface area contributed by atoms with Gasteiger partial charge in [0.25, 0.3) is 0 Å². The highest BCUT2D eigenvalue weighted by atomic mass is 16.5. The third-order valence-corrected chi connectivity index (χ3v) is 3.50. The molecule has 2 rings (SSSR count). The van der Waals surface area contributed by atoms with Crippen molar-refractivity contribution in [3.05, 3.63) is 29.8 Å². The fourth-order valence-electron chi connectivity index (χ4n) is 2.22. The van der Waals surface area contributed by atoms with Gasteiger partial charge in [0.05, 0.1) is 19.1 Å². The molecule has 1 fully saturated rings. The average Bonchev–Trinajstić information content (AvgIpc) is 3.28. The Bertz CT molecular complexity index is 456. The Morgan fingerprint density at radius 3 is 2.57 bits per heavy atom. The number of aliphatic hydroxyl groups is 1. The van der Waals surface area contributed by atoms with Gasteiger partial charge in [0.1, 0.15) is 5.75 Å². The smallest absolute Gasteiger partial charge is 0.305 e. The fraction of sp³-hybridized carbons (Fsp3) is 0.562. The predicted octanol–water partition coefficient (Wildman–Crippen LogP) is 2.10. The predicted molar refractivity (Wildman–Crippen MR) is 79.4 cm³/mol. The quantitative estimate of drug-likeness (QED) is 0.650. The fourth-order valence-corrected chi connectivity index (χ4v) is 2.22. The van der Waals surface area contributed by atoms with Crippen LogP contribution in [0.25, 0.3) is 0 Å². The molecule has 2 unspecified atom stereocenters. The number of benzene rings is 1. The lowest BCUT2D eigenvalue weighted by Gasteiger charge is -2.23. The van der Waals surface area contributed by atoms with Gasteiger partial charge in [-0.15, -0.1) is 0 Å². The Balaban J connectivity index is 2.00. The van der Waals surface area contributed by atoms with E-state index in [2.05, 4.69) is 5.32 Å². The van der Waals surface area contributed by atoms with Crippen LogP contribution in [0.15, 0.2) is 24.3 Å². The van der Waals surface area contributed by atoms with Crippen molar-refractivity contribution in [2.45, 2.75) is 50.8 Å². The standard InChI is InChI=1S/C16H23NO4/c1-2-9-21-13-7-3-11(4-8-13)16(20)14(10-15(18)19)17-12-5-6-12/h3-4,7-8,12,14,16-17,20H,2,5-6,9-10H2,1H3,(H,18,19). The second-order valence-electron chi connectivity index (χ2n) is 5.51. The van der Waals surface area contributed by atoms with E-state index in [0.717, 1.165) is 25.0 Å². The van der Waals surface area contributed by atoms with Crippen molar-refractivity contribution in [1.29, 1.82) is 0 Å². The van der Waals surface area contributed by atoms with Gasteiger partial charge in [0.15, 0.2) is 0 Å². The molecule has 1 saturated carbocycles. The molecule has 3 N–H and O–H groups in total. The minimum Gasteiger partial charge on any atom is -0.494 e. The first-order chi connectivity index (χ1) is 10.1. The van der Waals surface area contributed by atoms with Gasteiger partial charge in [-0.3, -0.25) is 4.79 Å². The van der Waals surface area contributed by atoms with Gasteiger partial charge in [-0.1, -0.05) is 19.1 Å². The maximum Gasteiger partial charge on any atom is 0.305 e. The van der Waals surface area contributed by atoms with Crippen LogP contribution in [0, 0.1) is 0 Å². The minimum absolute atomic E-state index is 0.0915. The van der Waals surface area contributed by atoms with Gasteiger partial charge in [0.2, 0.25) is 0 Å². The molecule has 1 aromatic carbocycles. The summed E-state index contributed by atoms with van der Waals surface area (Å²) >= 11 is 0. The van der Waals surface area contributed by atoms with Crippen LogP contribution in [0.3, 0.4) is 0 Å². The van der Waals surface area contributed by atoms with Gasteiger partial charge in [0, 0.05) is 12.1 Å². The van der Waals surface area contributed by atoms with Gasteiger partial charge in [-0.25, -0.2) is 0 Å². The molecule has 0 saturated heterocycles. The van der Waals surface area contributed by atoms with Crippen LogP contribution in [-0.4, -0.2) is 34.9 Å². The number of ether oxygens (including phenoxy) is 1. The lowest BCUT2D eigenvalue weighted by molar-refractivity contribution is -0.138. The van der Waals surface area contributed by atoms with Gasteiger partial charge in [-0.2, -0.15) is 0 Å². The highest BCUT2D eigenvalue weighted by Gasteiger charge is 2.30. The average molecular weight is 293 g/mol. The van der Waals surface area contributed by atoms with E-state index in [1.807, 2.05) is 19.1 Å². The van der Waals surface area contributed by atoms with Crippen molar-refractivity contribution < 1.29 is 19.7 Å². The van der Waals surface area contributed by atoms with E-state index in [-0.39, 0.29) is 6.42 Å². The molecular formula is C16H23NO4. The van der Waals surface area contributed by atoms with Crippen LogP contribution < -0.4 is 10.1 Å². The normalized spacial score (nSPS) is 17.2. The summed E-state index contributed by atoms with van der Waals surface area (Å²) < 4.78 is 5.50. The van der Waals surface area contributed by atoms with Gasteiger partial charge >= 0.3 is 5.97 Å². The SMILES string of the molecule is CCCOc1ccc(C(O)C(CC(=O)O)NC2CC2)cc1. The zero-order chi connectivity index (χ0) is 15.2. The Hall–Kier alpha value is -1.59. The summed E-state index contributed by atoms with van der Waals surface area (Å²) in [6, 6.07) is 7.08. The maximum absolute atomic E-state index is 10.9. The number of carboxylic acids is 1. The molecule has 0 aliphatic heterocycles. The first kappa shape index (κ1) is 15.8. The third kappa shape index (κ3) is 5.02. The molecule has 116 valence electrons. The van der Waals surface area contributed by atoms with Crippen LogP contribution in [0.1, 0.15) is 44.3 Å². The van der Waals surface area contributed by atoms with Gasteiger partial charge in [-0.05, 0) is 37.0 Å². The summed E-state index contributed by atoms with van der Waals surface area (Å²) in [6.07, 6.45) is 2.11. The van der Waals surface area contributed by atoms with Crippen molar-refractivity contribution in [3.8, 4) is 5.75 Å². The molecule has 0 amide bonds. The van der Waals surface area contributed by atoms with Crippen LogP contribution in [-0.2, 0) is 4.79 Å². The van der Waals surface area contributed by atoms with E-state index in [0.29, 0.717) is 18.2 Å². The Labute approximate surface area is 124 Å². The summed E-state index contributed by atoms with van der Waals surface area (Å²) in [5.74, 6) is -0.146. The highest BCUT2D eigenvalue weighted by Crippen LogP contribution is 2.26. The lowest BCUT2D eigenvalue weighted by Crippen LogP contribution is -2.38. The molecule has 1 aliphatic rings. The van der Waals surface area contributed by atoms with Crippen molar-refractivity contribution in [2.24, 2.45) is 0 Å². The first-order valence-electron chi connectivity index (χ1n) is 7.48. The maximum atomic E-state index is 10.9. The van der Waals surface area contributed by atoms with Crippen LogP contribution in [0.2, 0.25) is 0 Å². The van der Waals surface area contributed by atoms with Crippen molar-refractivity contribution >= 4 is 5.97 Å². The molecule has 0 radical (unpaired) electrons. The number of carbonyl (C=O) groups is 1. The lowest BCUT2D eigenvalue weighted by atomic mass is 9.99. The Morgan fingerprint density at radius 2 is 2.05 bits per heavy atom. The van der Waals surface area contributed by atoms with E-state index in [4.69, 9.17) is 9.84 Å². The molecule has 0 bridgehead atoms. The topological polar surface area (TPSA) is 78.8 Å². The minimum atomic E-state index is -0.907. The second kappa shape index (κ2) is 7.43. The van der Waals surface area contributed by atoms with E-state index in [1.54, 1.807) is 12.1 Å². The summed E-state index contributed by atoms with van der Waals surface area (Å²) in [5.41, 5.74) is 0.707. The Kier molecular flexibility index (Phi) is 5.59. The number of nitrogens with one attached hydrogen (secondary N) is 1. The highest BCUT2D eigenvalue weighted by molar-refractivity contribution is 5.67. The van der Waals surface area contributed by atoms with E-state index in [9.17, 15) is 9.90 Å². The third-order valence-electron chi connectivity index (χ3n) is 3.50. The molecule has 0 aromatic heterocycles. The largest absolute Gasteiger partial charge is 0.494 e. The summed E-state index contributed by atoms with van der Waals surface area (Å²) in [4.78, 5) is 10.9. The van der Waals surface area contributed by atoms with E-state index < -0.39 is 18.1 Å². The van der Waals surface area contributed by atoms with Gasteiger partial charge < -0.3 is 20.3 Å². The molecule has 5 nitrogen and oxygen atoms in total. The monoisotopic (exact) mass is 293 g/mol. The molecule has 0 heterocycles. The summed E-state index contributed by atoms with van der Waals surface area (Å²) in [7, 11) is 0. The molecule has 5 heteroatoms. The summed E-state index contributed by atoms with van der Waals surface area (Å²) in [5, 5.41) is 22.6. The molecule has 0 spiro atoms. The van der Waals surface area contributed by atoms with Crippen LogP contribution in [0.4, 0.5) is 0 Å². The summed E-state index contributed by atoms with van der Waals surface area (Å²) in [6.45, 7) is 2.70. The Morgan fingerprint density at radius 1 is 1.38 bits per heavy atom. The zero-order valence-corrected chi connectivity index (χ0v) is 12.3. The number of carboxylic acid groups (broad SMARTS) is 1. The number of hydrogen-bond acceptors (Lipinski definition) is 4. The molecule has 2 atom stereocenters. The number of rotatable bonds is 9. The second-order valence-corrected chi connectivity index (χ2v) is 5.51. The van der Waals surface area contributed by atoms with Crippen molar-refractivity contribution in [1.82, 2.24) is 5.32 Å². The van der Waals surface area contributed by atoms with Crippen molar-refractivity contribution in [2.75, 3.05) is 6.61 Å². The molecule has 1 aliphatic carbocycles. The molecule has 21 heavy (non-hydrogen) atoms. The number of aliphatic carboxylic acids is 1. The van der Waals surface area contributed by atoms with E-state index >= 15 is 0 Å². The number of aliphatic hydroxyl groups excluding tert-OH is 1. The number of hydrogen-bond donors (Lipinski definition) is 3.